The summed E-state index contributed by atoms with van der Waals surface area (Å²) >= 11 is 0. The van der Waals surface area contributed by atoms with Crippen molar-refractivity contribution in [2.24, 2.45) is 0 Å². The number of hydrogen-bond donors (Lipinski definition) is 0. The summed E-state index contributed by atoms with van der Waals surface area (Å²) in [5.74, 6) is 0.956. The number of hydrogen-bond acceptors (Lipinski definition) is 1. The summed E-state index contributed by atoms with van der Waals surface area (Å²) < 4.78 is 5.43. The fourth-order valence-corrected chi connectivity index (χ4v) is 1.37. The van der Waals surface area contributed by atoms with E-state index in [-0.39, 0.29) is 0 Å². The van der Waals surface area contributed by atoms with Crippen molar-refractivity contribution in [1.29, 1.82) is 0 Å². The summed E-state index contributed by atoms with van der Waals surface area (Å²) in [5, 5.41) is 2.35. The molecule has 0 unspecified atom stereocenters. The van der Waals surface area contributed by atoms with Gasteiger partial charge in [0, 0.05) is 10.8 Å². The van der Waals surface area contributed by atoms with Crippen LogP contribution in [0, 0.1) is 0 Å². The summed E-state index contributed by atoms with van der Waals surface area (Å²) in [5.41, 5.74) is 0. The Balaban J connectivity index is 2.52. The average molecular weight is 172 g/mol. The molecule has 0 amide bonds. The first-order valence-corrected chi connectivity index (χ1v) is 4.54. The van der Waals surface area contributed by atoms with Gasteiger partial charge in [0.25, 0.3) is 0 Å². The van der Waals surface area contributed by atoms with E-state index >= 15 is 0 Å². The van der Waals surface area contributed by atoms with Crippen molar-refractivity contribution in [3.8, 4) is 0 Å². The summed E-state index contributed by atoms with van der Waals surface area (Å²) in [6.45, 7) is 2.11. The Hall–Kier alpha value is -1.50. The lowest BCUT2D eigenvalue weighted by atomic mass is 10.2. The summed E-state index contributed by atoms with van der Waals surface area (Å²) in [7, 11) is 0. The maximum atomic E-state index is 5.43. The number of furan rings is 1. The van der Waals surface area contributed by atoms with Crippen LogP contribution in [0.2, 0.25) is 0 Å². The largest absolute Gasteiger partial charge is 0.464 e. The van der Waals surface area contributed by atoms with E-state index < -0.39 is 0 Å². The highest BCUT2D eigenvalue weighted by molar-refractivity contribution is 5.88. The number of benzene rings is 1. The molecule has 0 saturated carbocycles. The maximum Gasteiger partial charge on any atom is 0.134 e. The van der Waals surface area contributed by atoms with Gasteiger partial charge in [0.15, 0.2) is 0 Å². The van der Waals surface area contributed by atoms with Gasteiger partial charge in [0.1, 0.15) is 5.76 Å². The van der Waals surface area contributed by atoms with Crippen molar-refractivity contribution in [3.05, 3.63) is 42.4 Å². The fourth-order valence-electron chi connectivity index (χ4n) is 1.37. The van der Waals surface area contributed by atoms with Gasteiger partial charge in [-0.1, -0.05) is 37.3 Å². The van der Waals surface area contributed by atoms with E-state index in [4.69, 9.17) is 4.42 Å². The molecule has 1 nitrogen and oxygen atoms in total. The van der Waals surface area contributed by atoms with E-state index in [0.717, 1.165) is 12.2 Å². The molecule has 0 fully saturated rings. The molecule has 0 aliphatic rings. The van der Waals surface area contributed by atoms with Crippen LogP contribution in [0.15, 0.2) is 41.0 Å². The van der Waals surface area contributed by atoms with Crippen molar-refractivity contribution < 1.29 is 4.42 Å². The molecular weight excluding hydrogens is 160 g/mol. The van der Waals surface area contributed by atoms with Crippen molar-refractivity contribution in [3.63, 3.8) is 0 Å². The molecule has 2 rings (SSSR count). The molecule has 1 aromatic carbocycles. The minimum absolute atomic E-state index is 0.956. The van der Waals surface area contributed by atoms with Crippen LogP contribution < -0.4 is 0 Å². The normalized spacial score (nSPS) is 11.5. The summed E-state index contributed by atoms with van der Waals surface area (Å²) in [6.07, 6.45) is 6.97. The lowest BCUT2D eigenvalue weighted by Crippen LogP contribution is -1.66. The van der Waals surface area contributed by atoms with Gasteiger partial charge in [-0.2, -0.15) is 0 Å². The SMILES string of the molecule is CCC=Cc1occ2ccccc12. The van der Waals surface area contributed by atoms with Crippen LogP contribution in [0.3, 0.4) is 0 Å². The molecular formula is C12H12O. The van der Waals surface area contributed by atoms with Gasteiger partial charge >= 0.3 is 0 Å². The third kappa shape index (κ3) is 1.50. The van der Waals surface area contributed by atoms with Crippen LogP contribution >= 0.6 is 0 Å². The van der Waals surface area contributed by atoms with E-state index in [0.29, 0.717) is 0 Å². The molecule has 1 aromatic heterocycles. The second kappa shape index (κ2) is 3.48. The van der Waals surface area contributed by atoms with Crippen molar-refractivity contribution in [1.82, 2.24) is 0 Å². The van der Waals surface area contributed by atoms with E-state index in [1.807, 2.05) is 18.2 Å². The summed E-state index contributed by atoms with van der Waals surface area (Å²) in [4.78, 5) is 0. The zero-order valence-electron chi connectivity index (χ0n) is 7.66. The quantitative estimate of drug-likeness (QED) is 0.670. The molecule has 0 aliphatic heterocycles. The zero-order valence-corrected chi connectivity index (χ0v) is 7.66. The first kappa shape index (κ1) is 8.11. The molecule has 0 bridgehead atoms. The molecule has 66 valence electrons. The minimum Gasteiger partial charge on any atom is -0.464 e. The highest BCUT2D eigenvalue weighted by atomic mass is 16.3. The molecule has 0 spiro atoms. The molecule has 13 heavy (non-hydrogen) atoms. The number of allylic oxidation sites excluding steroid dienone is 1. The van der Waals surface area contributed by atoms with Crippen LogP contribution in [0.4, 0.5) is 0 Å². The third-order valence-corrected chi connectivity index (χ3v) is 2.04. The van der Waals surface area contributed by atoms with Gasteiger partial charge in [-0.3, -0.25) is 0 Å². The molecule has 1 heterocycles. The van der Waals surface area contributed by atoms with E-state index in [2.05, 4.69) is 25.1 Å². The molecule has 2 aromatic rings. The molecule has 0 aliphatic carbocycles. The second-order valence-corrected chi connectivity index (χ2v) is 3.00. The average Bonchev–Trinajstić information content (AvgIpc) is 2.58. The van der Waals surface area contributed by atoms with E-state index in [1.165, 1.54) is 10.8 Å². The second-order valence-electron chi connectivity index (χ2n) is 3.00. The van der Waals surface area contributed by atoms with Crippen molar-refractivity contribution in [2.75, 3.05) is 0 Å². The Morgan fingerprint density at radius 2 is 2.15 bits per heavy atom. The topological polar surface area (TPSA) is 13.1 Å². The van der Waals surface area contributed by atoms with Crippen LogP contribution in [0.25, 0.3) is 16.8 Å². The van der Waals surface area contributed by atoms with Gasteiger partial charge in [-0.05, 0) is 12.5 Å². The third-order valence-electron chi connectivity index (χ3n) is 2.04. The monoisotopic (exact) mass is 172 g/mol. The predicted octanol–water partition coefficient (Wildman–Crippen LogP) is 3.86. The van der Waals surface area contributed by atoms with Crippen molar-refractivity contribution in [2.45, 2.75) is 13.3 Å². The Morgan fingerprint density at radius 3 is 3.00 bits per heavy atom. The molecule has 0 atom stereocenters. The van der Waals surface area contributed by atoms with E-state index in [1.54, 1.807) is 6.26 Å². The summed E-state index contributed by atoms with van der Waals surface area (Å²) in [6, 6.07) is 8.18. The highest BCUT2D eigenvalue weighted by Crippen LogP contribution is 2.21. The molecule has 0 radical (unpaired) electrons. The fraction of sp³-hybridized carbons (Fsp3) is 0.167. The first-order valence-electron chi connectivity index (χ1n) is 4.54. The first-order chi connectivity index (χ1) is 6.42. The highest BCUT2D eigenvalue weighted by Gasteiger charge is 2.00. The van der Waals surface area contributed by atoms with Gasteiger partial charge in [0.05, 0.1) is 6.26 Å². The molecule has 0 N–H and O–H groups in total. The van der Waals surface area contributed by atoms with Gasteiger partial charge in [0.2, 0.25) is 0 Å². The lowest BCUT2D eigenvalue weighted by Gasteiger charge is -1.87. The molecule has 1 heteroatoms. The van der Waals surface area contributed by atoms with Crippen LogP contribution in [-0.2, 0) is 0 Å². The Labute approximate surface area is 77.7 Å². The maximum absolute atomic E-state index is 5.43. The number of fused-ring (bicyclic) bond motifs is 1. The smallest absolute Gasteiger partial charge is 0.134 e. The Morgan fingerprint density at radius 1 is 1.31 bits per heavy atom. The predicted molar refractivity (Wildman–Crippen MR) is 55.5 cm³/mol. The van der Waals surface area contributed by atoms with E-state index in [9.17, 15) is 0 Å². The van der Waals surface area contributed by atoms with Crippen LogP contribution in [0.1, 0.15) is 19.1 Å². The van der Waals surface area contributed by atoms with Crippen LogP contribution in [0.5, 0.6) is 0 Å². The number of rotatable bonds is 2. The molecule has 0 saturated heterocycles. The lowest BCUT2D eigenvalue weighted by molar-refractivity contribution is 0.562. The van der Waals surface area contributed by atoms with Gasteiger partial charge in [-0.15, -0.1) is 0 Å². The van der Waals surface area contributed by atoms with Crippen molar-refractivity contribution >= 4 is 16.8 Å². The minimum atomic E-state index is 0.956. The Kier molecular flexibility index (Phi) is 2.17. The van der Waals surface area contributed by atoms with Gasteiger partial charge < -0.3 is 4.42 Å². The Bertz CT molecular complexity index is 423. The standard InChI is InChI=1S/C12H12O/c1-2-3-8-12-11-7-5-4-6-10(11)9-13-12/h3-9H,2H2,1H3. The zero-order chi connectivity index (χ0) is 9.10. The van der Waals surface area contributed by atoms with Gasteiger partial charge in [-0.25, -0.2) is 0 Å². The van der Waals surface area contributed by atoms with Crippen LogP contribution in [-0.4, -0.2) is 0 Å².